The fourth-order valence-electron chi connectivity index (χ4n) is 5.61. The zero-order valence-electron chi connectivity index (χ0n) is 26.0. The number of methoxy groups -OCH3 is 2. The van der Waals surface area contributed by atoms with Crippen LogP contribution in [0.4, 0.5) is 5.69 Å². The summed E-state index contributed by atoms with van der Waals surface area (Å²) < 4.78 is 40.2. The lowest BCUT2D eigenvalue weighted by atomic mass is 10.1. The number of hydrogen-bond acceptors (Lipinski definition) is 6. The molecule has 0 spiro atoms. The van der Waals surface area contributed by atoms with Crippen molar-refractivity contribution in [3.8, 4) is 11.5 Å². The monoisotopic (exact) mass is 621 g/mol. The largest absolute Gasteiger partial charge is 0.493 e. The minimum absolute atomic E-state index is 0.0506. The Hall–Kier alpha value is -4.05. The molecule has 0 aromatic heterocycles. The van der Waals surface area contributed by atoms with Crippen LogP contribution in [0.3, 0.4) is 0 Å². The number of nitrogens with one attached hydrogen (secondary N) is 1. The van der Waals surface area contributed by atoms with Crippen LogP contribution in [0.25, 0.3) is 0 Å². The predicted octanol–water partition coefficient (Wildman–Crippen LogP) is 5.12. The Morgan fingerprint density at radius 2 is 1.59 bits per heavy atom. The molecule has 0 bridgehead atoms. The van der Waals surface area contributed by atoms with E-state index >= 15 is 0 Å². The summed E-state index contributed by atoms with van der Waals surface area (Å²) in [5, 5.41) is 3.14. The summed E-state index contributed by atoms with van der Waals surface area (Å²) >= 11 is 0. The smallest absolute Gasteiger partial charge is 0.264 e. The van der Waals surface area contributed by atoms with Crippen LogP contribution >= 0.6 is 0 Å². The number of carbonyl (C=O) groups is 2. The normalized spacial score (nSPS) is 14.1. The molecule has 0 unspecified atom stereocenters. The number of ether oxygens (including phenoxy) is 2. The highest BCUT2D eigenvalue weighted by Crippen LogP contribution is 2.32. The second-order valence-electron chi connectivity index (χ2n) is 11.1. The Kier molecular flexibility index (Phi) is 11.3. The number of rotatable bonds is 14. The third-order valence-electron chi connectivity index (χ3n) is 8.12. The SMILES string of the molecule is CC[C@@H](C(=O)NC1CCCC1)N(CCc1ccccc1)C(=O)CN(c1ccc(C)cc1)S(=O)(=O)c1ccc(OC)c(OC)c1. The van der Waals surface area contributed by atoms with E-state index in [1.54, 1.807) is 29.2 Å². The summed E-state index contributed by atoms with van der Waals surface area (Å²) in [5.74, 6) is -0.0251. The molecule has 0 radical (unpaired) electrons. The van der Waals surface area contributed by atoms with E-state index in [1.807, 2.05) is 44.2 Å². The lowest BCUT2D eigenvalue weighted by molar-refractivity contribution is -0.139. The Labute approximate surface area is 261 Å². The third-order valence-corrected chi connectivity index (χ3v) is 9.89. The van der Waals surface area contributed by atoms with Crippen molar-refractivity contribution in [3.63, 3.8) is 0 Å². The molecular formula is C34H43N3O6S. The van der Waals surface area contributed by atoms with Gasteiger partial charge in [0.2, 0.25) is 11.8 Å². The molecular weight excluding hydrogens is 578 g/mol. The van der Waals surface area contributed by atoms with Crippen molar-refractivity contribution >= 4 is 27.5 Å². The Morgan fingerprint density at radius 3 is 2.20 bits per heavy atom. The second kappa shape index (κ2) is 15.1. The van der Waals surface area contributed by atoms with Crippen molar-refractivity contribution in [2.24, 2.45) is 0 Å². The molecule has 3 aromatic rings. The van der Waals surface area contributed by atoms with Crippen LogP contribution in [0.5, 0.6) is 11.5 Å². The molecule has 2 amide bonds. The molecule has 0 saturated heterocycles. The molecule has 1 aliphatic rings. The molecule has 0 aliphatic heterocycles. The number of sulfonamides is 1. The van der Waals surface area contributed by atoms with E-state index in [9.17, 15) is 18.0 Å². The highest BCUT2D eigenvalue weighted by Gasteiger charge is 2.34. The van der Waals surface area contributed by atoms with E-state index in [-0.39, 0.29) is 29.1 Å². The quantitative estimate of drug-likeness (QED) is 0.268. The Morgan fingerprint density at radius 1 is 0.932 bits per heavy atom. The maximum absolute atomic E-state index is 14.3. The summed E-state index contributed by atoms with van der Waals surface area (Å²) in [6, 6.07) is 20.4. The lowest BCUT2D eigenvalue weighted by Gasteiger charge is -2.33. The summed E-state index contributed by atoms with van der Waals surface area (Å²) in [6.45, 7) is 3.56. The number of benzene rings is 3. The van der Waals surface area contributed by atoms with Crippen molar-refractivity contribution < 1.29 is 27.5 Å². The van der Waals surface area contributed by atoms with Gasteiger partial charge in [0.25, 0.3) is 10.0 Å². The fraction of sp³-hybridized carbons (Fsp3) is 0.412. The van der Waals surface area contributed by atoms with Crippen molar-refractivity contribution in [2.75, 3.05) is 31.6 Å². The Balaban J connectivity index is 1.70. The lowest BCUT2D eigenvalue weighted by Crippen LogP contribution is -2.54. The van der Waals surface area contributed by atoms with Crippen molar-refractivity contribution in [3.05, 3.63) is 83.9 Å². The third kappa shape index (κ3) is 7.91. The summed E-state index contributed by atoms with van der Waals surface area (Å²) in [7, 11) is -1.34. The minimum atomic E-state index is -4.24. The molecule has 236 valence electrons. The first kappa shape index (κ1) is 32.9. The molecule has 1 saturated carbocycles. The van der Waals surface area contributed by atoms with Gasteiger partial charge in [-0.15, -0.1) is 0 Å². The van der Waals surface area contributed by atoms with E-state index in [0.29, 0.717) is 24.3 Å². The van der Waals surface area contributed by atoms with E-state index in [0.717, 1.165) is 41.1 Å². The molecule has 4 rings (SSSR count). The highest BCUT2D eigenvalue weighted by molar-refractivity contribution is 7.92. The molecule has 0 heterocycles. The predicted molar refractivity (Wildman–Crippen MR) is 172 cm³/mol. The van der Waals surface area contributed by atoms with E-state index < -0.39 is 28.5 Å². The summed E-state index contributed by atoms with van der Waals surface area (Å²) in [5.41, 5.74) is 2.30. The molecule has 10 heteroatoms. The number of nitrogens with zero attached hydrogens (tertiary/aromatic N) is 2. The fourth-order valence-corrected chi connectivity index (χ4v) is 7.04. The van der Waals surface area contributed by atoms with Crippen LogP contribution < -0.4 is 19.1 Å². The van der Waals surface area contributed by atoms with Crippen LogP contribution in [0.15, 0.2) is 77.7 Å². The van der Waals surface area contributed by atoms with Crippen LogP contribution in [0, 0.1) is 6.92 Å². The van der Waals surface area contributed by atoms with Gasteiger partial charge < -0.3 is 19.7 Å². The molecule has 9 nitrogen and oxygen atoms in total. The van der Waals surface area contributed by atoms with Crippen LogP contribution in [-0.2, 0) is 26.0 Å². The van der Waals surface area contributed by atoms with Crippen LogP contribution in [-0.4, -0.2) is 64.5 Å². The first-order valence-corrected chi connectivity index (χ1v) is 16.6. The second-order valence-corrected chi connectivity index (χ2v) is 13.0. The van der Waals surface area contributed by atoms with Gasteiger partial charge in [-0.05, 0) is 62.4 Å². The van der Waals surface area contributed by atoms with Crippen molar-refractivity contribution in [1.82, 2.24) is 10.2 Å². The van der Waals surface area contributed by atoms with Gasteiger partial charge >= 0.3 is 0 Å². The molecule has 1 atom stereocenters. The first-order valence-electron chi connectivity index (χ1n) is 15.1. The zero-order valence-corrected chi connectivity index (χ0v) is 26.8. The van der Waals surface area contributed by atoms with E-state index in [2.05, 4.69) is 5.32 Å². The number of amides is 2. The number of hydrogen-bond donors (Lipinski definition) is 1. The first-order chi connectivity index (χ1) is 21.2. The molecule has 1 N–H and O–H groups in total. The van der Waals surface area contributed by atoms with Gasteiger partial charge in [0.1, 0.15) is 12.6 Å². The molecule has 3 aromatic carbocycles. The summed E-state index contributed by atoms with van der Waals surface area (Å²) in [4.78, 5) is 29.3. The zero-order chi connectivity index (χ0) is 31.7. The average Bonchev–Trinajstić information content (AvgIpc) is 3.55. The molecule has 1 aliphatic carbocycles. The molecule has 44 heavy (non-hydrogen) atoms. The van der Waals surface area contributed by atoms with Gasteiger partial charge in [0, 0.05) is 18.7 Å². The minimum Gasteiger partial charge on any atom is -0.493 e. The maximum Gasteiger partial charge on any atom is 0.264 e. The topological polar surface area (TPSA) is 105 Å². The van der Waals surface area contributed by atoms with Gasteiger partial charge in [-0.3, -0.25) is 13.9 Å². The summed E-state index contributed by atoms with van der Waals surface area (Å²) in [6.07, 6.45) is 4.89. The number of aryl methyl sites for hydroxylation is 1. The van der Waals surface area contributed by atoms with Gasteiger partial charge in [-0.1, -0.05) is 67.8 Å². The highest BCUT2D eigenvalue weighted by atomic mass is 32.2. The Bertz CT molecular complexity index is 1510. The van der Waals surface area contributed by atoms with Crippen LogP contribution in [0.1, 0.15) is 50.2 Å². The number of anilines is 1. The van der Waals surface area contributed by atoms with Crippen molar-refractivity contribution in [2.45, 2.75) is 69.4 Å². The van der Waals surface area contributed by atoms with E-state index in [4.69, 9.17) is 9.47 Å². The van der Waals surface area contributed by atoms with Crippen LogP contribution in [0.2, 0.25) is 0 Å². The van der Waals surface area contributed by atoms with E-state index in [1.165, 1.54) is 32.4 Å². The standard InChI is InChI=1S/C34H43N3O6S/c1-5-30(34(39)35-27-13-9-10-14-27)36(22-21-26-11-7-6-8-12-26)33(38)24-37(28-17-15-25(2)16-18-28)44(40,41)29-19-20-31(42-3)32(23-29)43-4/h6-8,11-12,15-20,23,27,30H,5,9-10,13-14,21-22,24H2,1-4H3,(H,35,39)/t30-/m0/s1. The van der Waals surface area contributed by atoms with Crippen molar-refractivity contribution in [1.29, 1.82) is 0 Å². The maximum atomic E-state index is 14.3. The van der Waals surface area contributed by atoms with Gasteiger partial charge in [0.15, 0.2) is 11.5 Å². The van der Waals surface area contributed by atoms with Gasteiger partial charge in [-0.25, -0.2) is 8.42 Å². The average molecular weight is 622 g/mol. The van der Waals surface area contributed by atoms with Gasteiger partial charge in [-0.2, -0.15) is 0 Å². The van der Waals surface area contributed by atoms with Gasteiger partial charge in [0.05, 0.1) is 24.8 Å². The molecule has 1 fully saturated rings. The number of carbonyl (C=O) groups excluding carboxylic acids is 2.